The van der Waals surface area contributed by atoms with Gasteiger partial charge in [0.15, 0.2) is 11.8 Å². The fourth-order valence-corrected chi connectivity index (χ4v) is 2.49. The van der Waals surface area contributed by atoms with Gasteiger partial charge in [0.25, 0.3) is 5.91 Å². The molecule has 1 aromatic heterocycles. The Morgan fingerprint density at radius 2 is 1.63 bits per heavy atom. The minimum absolute atomic E-state index is 0.162. The summed E-state index contributed by atoms with van der Waals surface area (Å²) < 4.78 is 5.13. The number of halogens is 1. The first-order valence-corrected chi connectivity index (χ1v) is 8.50. The van der Waals surface area contributed by atoms with E-state index in [1.165, 1.54) is 6.20 Å². The monoisotopic (exact) mass is 381 g/mol. The van der Waals surface area contributed by atoms with Gasteiger partial charge >= 0.3 is 5.97 Å². The summed E-state index contributed by atoms with van der Waals surface area (Å²) in [6.45, 7) is -0.441. The Labute approximate surface area is 161 Å². The normalized spacial score (nSPS) is 10.1. The molecule has 27 heavy (non-hydrogen) atoms. The lowest BCUT2D eigenvalue weighted by molar-refractivity contribution is -0.119. The second kappa shape index (κ2) is 8.82. The summed E-state index contributed by atoms with van der Waals surface area (Å²) in [6.07, 6.45) is 1.51. The van der Waals surface area contributed by atoms with Gasteiger partial charge in [-0.05, 0) is 36.4 Å². The molecular formula is C20H16ClN3O3. The molecule has 6 nitrogen and oxygen atoms in total. The molecule has 0 spiro atoms. The van der Waals surface area contributed by atoms with Crippen molar-refractivity contribution in [2.24, 2.45) is 0 Å². The van der Waals surface area contributed by atoms with Crippen molar-refractivity contribution in [2.45, 2.75) is 0 Å². The second-order valence-electron chi connectivity index (χ2n) is 5.50. The van der Waals surface area contributed by atoms with E-state index >= 15 is 0 Å². The van der Waals surface area contributed by atoms with Crippen molar-refractivity contribution in [3.8, 4) is 0 Å². The summed E-state index contributed by atoms with van der Waals surface area (Å²) in [5.41, 5.74) is 2.10. The number of amides is 1. The molecule has 136 valence electrons. The number of ether oxygens (including phenoxy) is 1. The number of rotatable bonds is 6. The van der Waals surface area contributed by atoms with Gasteiger partial charge in [-0.2, -0.15) is 0 Å². The van der Waals surface area contributed by atoms with E-state index in [0.29, 0.717) is 16.9 Å². The number of hydrogen-bond acceptors (Lipinski definition) is 5. The molecule has 0 atom stereocenters. The number of nitrogens with zero attached hydrogens (tertiary/aromatic N) is 1. The molecule has 1 amide bonds. The van der Waals surface area contributed by atoms with Crippen LogP contribution >= 0.6 is 11.6 Å². The van der Waals surface area contributed by atoms with E-state index in [9.17, 15) is 9.59 Å². The van der Waals surface area contributed by atoms with Crippen LogP contribution in [-0.4, -0.2) is 23.5 Å². The van der Waals surface area contributed by atoms with Crippen molar-refractivity contribution in [2.75, 3.05) is 17.2 Å². The molecule has 0 aliphatic rings. The van der Waals surface area contributed by atoms with Crippen molar-refractivity contribution in [1.82, 2.24) is 4.98 Å². The van der Waals surface area contributed by atoms with E-state index < -0.39 is 18.5 Å². The summed E-state index contributed by atoms with van der Waals surface area (Å²) in [5.74, 6) is -1.12. The number of esters is 1. The molecule has 2 N–H and O–H groups in total. The van der Waals surface area contributed by atoms with Crippen molar-refractivity contribution in [3.63, 3.8) is 0 Å². The number of benzene rings is 2. The molecule has 3 aromatic rings. The Morgan fingerprint density at radius 3 is 2.41 bits per heavy atom. The molecule has 0 aliphatic carbocycles. The van der Waals surface area contributed by atoms with Crippen LogP contribution in [0.1, 0.15) is 10.4 Å². The average molecular weight is 382 g/mol. The Hall–Kier alpha value is -3.38. The Balaban J connectivity index is 1.63. The zero-order valence-electron chi connectivity index (χ0n) is 14.2. The maximum absolute atomic E-state index is 12.4. The van der Waals surface area contributed by atoms with Crippen LogP contribution in [0.2, 0.25) is 5.15 Å². The van der Waals surface area contributed by atoms with Gasteiger partial charge in [0.2, 0.25) is 0 Å². The van der Waals surface area contributed by atoms with Gasteiger partial charge in [0, 0.05) is 11.9 Å². The van der Waals surface area contributed by atoms with Gasteiger partial charge in [-0.15, -0.1) is 0 Å². The van der Waals surface area contributed by atoms with E-state index in [-0.39, 0.29) is 5.15 Å². The van der Waals surface area contributed by atoms with E-state index in [4.69, 9.17) is 16.3 Å². The Kier molecular flexibility index (Phi) is 6.02. The number of pyridine rings is 1. The first-order valence-electron chi connectivity index (χ1n) is 8.12. The smallest absolute Gasteiger partial charge is 0.340 e. The first-order chi connectivity index (χ1) is 13.1. The lowest BCUT2D eigenvalue weighted by Crippen LogP contribution is -2.21. The molecule has 0 unspecified atom stereocenters. The van der Waals surface area contributed by atoms with Crippen LogP contribution in [0.25, 0.3) is 0 Å². The summed E-state index contributed by atoms with van der Waals surface area (Å²) in [7, 11) is 0. The van der Waals surface area contributed by atoms with Gasteiger partial charge < -0.3 is 15.4 Å². The topological polar surface area (TPSA) is 80.3 Å². The number of anilines is 3. The molecule has 1 heterocycles. The van der Waals surface area contributed by atoms with Crippen LogP contribution in [0.3, 0.4) is 0 Å². The van der Waals surface area contributed by atoms with Crippen LogP contribution in [0.5, 0.6) is 0 Å². The van der Waals surface area contributed by atoms with E-state index in [2.05, 4.69) is 15.6 Å². The first kappa shape index (κ1) is 18.4. The summed E-state index contributed by atoms with van der Waals surface area (Å²) >= 11 is 5.88. The minimum Gasteiger partial charge on any atom is -0.452 e. The molecule has 2 aromatic carbocycles. The molecular weight excluding hydrogens is 366 g/mol. The third-order valence-electron chi connectivity index (χ3n) is 3.57. The Bertz CT molecular complexity index is 948. The largest absolute Gasteiger partial charge is 0.452 e. The van der Waals surface area contributed by atoms with E-state index in [0.717, 1.165) is 5.69 Å². The molecule has 0 saturated carbocycles. The molecule has 7 heteroatoms. The average Bonchev–Trinajstić information content (AvgIpc) is 2.69. The lowest BCUT2D eigenvalue weighted by atomic mass is 10.1. The molecule has 0 aliphatic heterocycles. The number of aromatic nitrogens is 1. The van der Waals surface area contributed by atoms with E-state index in [1.807, 2.05) is 30.3 Å². The maximum atomic E-state index is 12.4. The number of carbonyl (C=O) groups is 2. The maximum Gasteiger partial charge on any atom is 0.340 e. The number of nitrogens with one attached hydrogen (secondary N) is 2. The standard InChI is InChI=1S/C20H16ClN3O3/c21-19-17(11-6-12-22-19)24-18(25)13-27-20(26)15-9-4-5-10-16(15)23-14-7-2-1-3-8-14/h1-12,23H,13H2,(H,24,25). The fourth-order valence-electron chi connectivity index (χ4n) is 2.32. The van der Waals surface area contributed by atoms with Crippen LogP contribution < -0.4 is 10.6 Å². The van der Waals surface area contributed by atoms with E-state index in [1.54, 1.807) is 36.4 Å². The lowest BCUT2D eigenvalue weighted by Gasteiger charge is -2.12. The molecule has 3 rings (SSSR count). The summed E-state index contributed by atoms with van der Waals surface area (Å²) in [5, 5.41) is 5.87. The SMILES string of the molecule is O=C(COC(=O)c1ccccc1Nc1ccccc1)Nc1cccnc1Cl. The summed E-state index contributed by atoms with van der Waals surface area (Å²) in [4.78, 5) is 28.2. The predicted octanol–water partition coefficient (Wildman–Crippen LogP) is 4.27. The number of para-hydroxylation sites is 2. The minimum atomic E-state index is -0.610. The predicted molar refractivity (Wildman–Crippen MR) is 104 cm³/mol. The third-order valence-corrected chi connectivity index (χ3v) is 3.87. The highest BCUT2D eigenvalue weighted by atomic mass is 35.5. The number of carbonyl (C=O) groups excluding carboxylic acids is 2. The zero-order chi connectivity index (χ0) is 19.1. The molecule has 0 bridgehead atoms. The molecule has 0 fully saturated rings. The van der Waals surface area contributed by atoms with Crippen molar-refractivity contribution < 1.29 is 14.3 Å². The summed E-state index contributed by atoms with van der Waals surface area (Å²) in [6, 6.07) is 19.6. The highest BCUT2D eigenvalue weighted by Crippen LogP contribution is 2.21. The van der Waals surface area contributed by atoms with Crippen molar-refractivity contribution in [3.05, 3.63) is 83.6 Å². The van der Waals surface area contributed by atoms with Crippen LogP contribution in [0.15, 0.2) is 72.9 Å². The number of hydrogen-bond donors (Lipinski definition) is 2. The van der Waals surface area contributed by atoms with Crippen LogP contribution in [-0.2, 0) is 9.53 Å². The quantitative estimate of drug-likeness (QED) is 0.492. The zero-order valence-corrected chi connectivity index (χ0v) is 14.9. The van der Waals surface area contributed by atoms with Crippen LogP contribution in [0.4, 0.5) is 17.1 Å². The molecule has 0 saturated heterocycles. The van der Waals surface area contributed by atoms with Gasteiger partial charge in [-0.3, -0.25) is 4.79 Å². The van der Waals surface area contributed by atoms with Gasteiger partial charge in [-0.25, -0.2) is 9.78 Å². The Morgan fingerprint density at radius 1 is 0.926 bits per heavy atom. The van der Waals surface area contributed by atoms with Crippen LogP contribution in [0, 0.1) is 0 Å². The fraction of sp³-hybridized carbons (Fsp3) is 0.0500. The van der Waals surface area contributed by atoms with Crippen molar-refractivity contribution in [1.29, 1.82) is 0 Å². The van der Waals surface area contributed by atoms with Gasteiger partial charge in [0.05, 0.1) is 16.9 Å². The van der Waals surface area contributed by atoms with Gasteiger partial charge in [-0.1, -0.05) is 41.9 Å². The second-order valence-corrected chi connectivity index (χ2v) is 5.86. The highest BCUT2D eigenvalue weighted by Gasteiger charge is 2.15. The highest BCUT2D eigenvalue weighted by molar-refractivity contribution is 6.32. The molecule has 0 radical (unpaired) electrons. The third kappa shape index (κ3) is 5.05. The van der Waals surface area contributed by atoms with Gasteiger partial charge in [0.1, 0.15) is 0 Å². The van der Waals surface area contributed by atoms with Crippen molar-refractivity contribution >= 4 is 40.5 Å².